The van der Waals surface area contributed by atoms with Gasteiger partial charge in [0.2, 0.25) is 5.91 Å². The number of amides is 1. The standard InChI is InChI=1S/C13H16BrN5O/c1-18(7-8-19-6-2-5-16-19)10-13(20)17-12-4-3-11(14)9-15-12/h2-6,9H,7-8,10H2,1H3,(H,15,17,20). The highest BCUT2D eigenvalue weighted by molar-refractivity contribution is 9.10. The normalized spacial score (nSPS) is 10.8. The maximum atomic E-state index is 11.8. The van der Waals surface area contributed by atoms with Crippen LogP contribution in [0.1, 0.15) is 0 Å². The van der Waals surface area contributed by atoms with Gasteiger partial charge >= 0.3 is 0 Å². The fraction of sp³-hybridized carbons (Fsp3) is 0.308. The van der Waals surface area contributed by atoms with Gasteiger partial charge in [0.1, 0.15) is 5.82 Å². The Morgan fingerprint density at radius 1 is 1.50 bits per heavy atom. The second kappa shape index (κ2) is 7.16. The first-order valence-corrected chi connectivity index (χ1v) is 7.00. The van der Waals surface area contributed by atoms with Gasteiger partial charge < -0.3 is 5.32 Å². The lowest BCUT2D eigenvalue weighted by molar-refractivity contribution is -0.117. The minimum atomic E-state index is -0.0808. The summed E-state index contributed by atoms with van der Waals surface area (Å²) in [6.07, 6.45) is 5.29. The Morgan fingerprint density at radius 3 is 3.00 bits per heavy atom. The highest BCUT2D eigenvalue weighted by atomic mass is 79.9. The quantitative estimate of drug-likeness (QED) is 0.869. The minimum Gasteiger partial charge on any atom is -0.310 e. The van der Waals surface area contributed by atoms with Crippen LogP contribution in [0.25, 0.3) is 0 Å². The molecule has 0 saturated heterocycles. The van der Waals surface area contributed by atoms with E-state index in [1.807, 2.05) is 35.0 Å². The lowest BCUT2D eigenvalue weighted by Gasteiger charge is -2.15. The molecular formula is C13H16BrN5O. The van der Waals surface area contributed by atoms with Crippen molar-refractivity contribution in [3.05, 3.63) is 41.3 Å². The van der Waals surface area contributed by atoms with E-state index in [9.17, 15) is 4.79 Å². The number of hydrogen-bond acceptors (Lipinski definition) is 4. The van der Waals surface area contributed by atoms with Crippen LogP contribution in [0.2, 0.25) is 0 Å². The molecule has 0 aliphatic rings. The minimum absolute atomic E-state index is 0.0808. The van der Waals surface area contributed by atoms with Gasteiger partial charge in [-0.25, -0.2) is 4.98 Å². The Kier molecular flexibility index (Phi) is 5.25. The van der Waals surface area contributed by atoms with Crippen LogP contribution in [0.15, 0.2) is 41.3 Å². The molecule has 6 nitrogen and oxygen atoms in total. The van der Waals surface area contributed by atoms with E-state index in [2.05, 4.69) is 31.3 Å². The van der Waals surface area contributed by atoms with Crippen molar-refractivity contribution in [2.75, 3.05) is 25.5 Å². The predicted octanol–water partition coefficient (Wildman–Crippen LogP) is 1.61. The lowest BCUT2D eigenvalue weighted by atomic mass is 10.4. The number of halogens is 1. The first kappa shape index (κ1) is 14.7. The third kappa shape index (κ3) is 4.75. The predicted molar refractivity (Wildman–Crippen MR) is 80.3 cm³/mol. The van der Waals surface area contributed by atoms with Gasteiger partial charge in [0, 0.05) is 29.6 Å². The summed E-state index contributed by atoms with van der Waals surface area (Å²) in [4.78, 5) is 17.9. The highest BCUT2D eigenvalue weighted by Crippen LogP contribution is 2.10. The molecule has 7 heteroatoms. The number of anilines is 1. The van der Waals surface area contributed by atoms with Crippen LogP contribution in [0.5, 0.6) is 0 Å². The average molecular weight is 338 g/mol. The molecular weight excluding hydrogens is 322 g/mol. The van der Waals surface area contributed by atoms with Crippen molar-refractivity contribution in [1.29, 1.82) is 0 Å². The number of nitrogens with zero attached hydrogens (tertiary/aromatic N) is 4. The van der Waals surface area contributed by atoms with E-state index in [0.29, 0.717) is 12.4 Å². The molecule has 106 valence electrons. The van der Waals surface area contributed by atoms with Gasteiger partial charge in [-0.05, 0) is 41.2 Å². The topological polar surface area (TPSA) is 63.1 Å². The van der Waals surface area contributed by atoms with Crippen LogP contribution in [0.3, 0.4) is 0 Å². The number of pyridine rings is 1. The molecule has 2 aromatic rings. The maximum absolute atomic E-state index is 11.8. The third-order valence-corrected chi connectivity index (χ3v) is 3.15. The SMILES string of the molecule is CN(CCn1cccn1)CC(=O)Nc1ccc(Br)cn1. The smallest absolute Gasteiger partial charge is 0.239 e. The average Bonchev–Trinajstić information content (AvgIpc) is 2.92. The zero-order valence-electron chi connectivity index (χ0n) is 11.2. The molecule has 2 aromatic heterocycles. The largest absolute Gasteiger partial charge is 0.310 e. The zero-order valence-corrected chi connectivity index (χ0v) is 12.7. The number of carbonyl (C=O) groups is 1. The fourth-order valence-corrected chi connectivity index (χ4v) is 1.90. The Bertz CT molecular complexity index is 540. The summed E-state index contributed by atoms with van der Waals surface area (Å²) in [5.74, 6) is 0.474. The van der Waals surface area contributed by atoms with Gasteiger partial charge in [0.25, 0.3) is 0 Å². The van der Waals surface area contributed by atoms with E-state index >= 15 is 0 Å². The number of rotatable bonds is 6. The molecule has 0 aromatic carbocycles. The Hall–Kier alpha value is -1.73. The summed E-state index contributed by atoms with van der Waals surface area (Å²) in [6, 6.07) is 5.47. The molecule has 0 fully saturated rings. The molecule has 0 saturated carbocycles. The van der Waals surface area contributed by atoms with Crippen LogP contribution in [-0.4, -0.2) is 45.7 Å². The van der Waals surface area contributed by atoms with Crippen LogP contribution in [0.4, 0.5) is 5.82 Å². The maximum Gasteiger partial charge on any atom is 0.239 e. The van der Waals surface area contributed by atoms with Crippen molar-refractivity contribution in [2.24, 2.45) is 0 Å². The number of nitrogens with one attached hydrogen (secondary N) is 1. The highest BCUT2D eigenvalue weighted by Gasteiger charge is 2.07. The summed E-state index contributed by atoms with van der Waals surface area (Å²) in [5.41, 5.74) is 0. The van der Waals surface area contributed by atoms with Crippen LogP contribution in [0, 0.1) is 0 Å². The third-order valence-electron chi connectivity index (χ3n) is 2.68. The fourth-order valence-electron chi connectivity index (χ4n) is 1.66. The molecule has 1 N–H and O–H groups in total. The van der Waals surface area contributed by atoms with E-state index in [-0.39, 0.29) is 5.91 Å². The summed E-state index contributed by atoms with van der Waals surface area (Å²) < 4.78 is 2.72. The number of hydrogen-bond donors (Lipinski definition) is 1. The van der Waals surface area contributed by atoms with Crippen LogP contribution >= 0.6 is 15.9 Å². The van der Waals surface area contributed by atoms with Crippen molar-refractivity contribution in [1.82, 2.24) is 19.7 Å². The van der Waals surface area contributed by atoms with Gasteiger partial charge in [0.05, 0.1) is 13.1 Å². The van der Waals surface area contributed by atoms with Crippen molar-refractivity contribution in [2.45, 2.75) is 6.54 Å². The Morgan fingerprint density at radius 2 is 2.35 bits per heavy atom. The van der Waals surface area contributed by atoms with Crippen molar-refractivity contribution in [3.63, 3.8) is 0 Å². The molecule has 0 atom stereocenters. The molecule has 0 aliphatic carbocycles. The van der Waals surface area contributed by atoms with Gasteiger partial charge in [-0.1, -0.05) is 0 Å². The van der Waals surface area contributed by atoms with Gasteiger partial charge in [-0.2, -0.15) is 5.10 Å². The van der Waals surface area contributed by atoms with E-state index in [1.165, 1.54) is 0 Å². The van der Waals surface area contributed by atoms with Gasteiger partial charge in [-0.3, -0.25) is 14.4 Å². The molecule has 0 spiro atoms. The second-order valence-corrected chi connectivity index (χ2v) is 5.33. The van der Waals surface area contributed by atoms with Crippen molar-refractivity contribution >= 4 is 27.7 Å². The molecule has 20 heavy (non-hydrogen) atoms. The lowest BCUT2D eigenvalue weighted by Crippen LogP contribution is -2.32. The first-order chi connectivity index (χ1) is 9.63. The number of likely N-dealkylation sites (N-methyl/N-ethyl adjacent to an activating group) is 1. The molecule has 0 radical (unpaired) electrons. The van der Waals surface area contributed by atoms with E-state index in [1.54, 1.807) is 18.5 Å². The molecule has 1 amide bonds. The van der Waals surface area contributed by atoms with Crippen LogP contribution < -0.4 is 5.32 Å². The van der Waals surface area contributed by atoms with Gasteiger partial charge in [0.15, 0.2) is 0 Å². The monoisotopic (exact) mass is 337 g/mol. The Labute approximate surface area is 125 Å². The molecule has 2 rings (SSSR count). The molecule has 0 aliphatic heterocycles. The van der Waals surface area contributed by atoms with E-state index in [0.717, 1.165) is 17.6 Å². The van der Waals surface area contributed by atoms with Crippen LogP contribution in [-0.2, 0) is 11.3 Å². The molecule has 0 bridgehead atoms. The van der Waals surface area contributed by atoms with Crippen molar-refractivity contribution < 1.29 is 4.79 Å². The number of aromatic nitrogens is 3. The van der Waals surface area contributed by atoms with Gasteiger partial charge in [-0.15, -0.1) is 0 Å². The summed E-state index contributed by atoms with van der Waals surface area (Å²) in [6.45, 7) is 1.83. The summed E-state index contributed by atoms with van der Waals surface area (Å²) in [5, 5.41) is 6.88. The zero-order chi connectivity index (χ0) is 14.4. The first-order valence-electron chi connectivity index (χ1n) is 6.21. The molecule has 0 unspecified atom stereocenters. The van der Waals surface area contributed by atoms with E-state index in [4.69, 9.17) is 0 Å². The van der Waals surface area contributed by atoms with E-state index < -0.39 is 0 Å². The number of carbonyl (C=O) groups excluding carboxylic acids is 1. The second-order valence-electron chi connectivity index (χ2n) is 4.42. The summed E-state index contributed by atoms with van der Waals surface area (Å²) >= 11 is 3.30. The van der Waals surface area contributed by atoms with Crippen molar-refractivity contribution in [3.8, 4) is 0 Å². The summed E-state index contributed by atoms with van der Waals surface area (Å²) in [7, 11) is 1.90. The Balaban J connectivity index is 1.74. The molecule has 2 heterocycles.